The van der Waals surface area contributed by atoms with Gasteiger partial charge in [-0.1, -0.05) is 0 Å². The number of hydrogen-bond donors (Lipinski definition) is 2. The van der Waals surface area contributed by atoms with Gasteiger partial charge in [0.15, 0.2) is 0 Å². The maximum absolute atomic E-state index is 12.7. The number of H-pyrrole nitrogens is 2. The summed E-state index contributed by atoms with van der Waals surface area (Å²) in [5, 5.41) is 9.89. The molecule has 0 radical (unpaired) electrons. The average molecular weight is 324 g/mol. The molecule has 10 heteroatoms. The van der Waals surface area contributed by atoms with Gasteiger partial charge in [-0.3, -0.25) is 19.8 Å². The lowest BCUT2D eigenvalue weighted by atomic mass is 10.2. The number of rotatable bonds is 2. The molecule has 4 aromatic heterocycles. The van der Waals surface area contributed by atoms with Crippen LogP contribution in [0.15, 0.2) is 34.1 Å². The Morgan fingerprint density at radius 2 is 1.83 bits per heavy atom. The number of aromatic amines is 2. The van der Waals surface area contributed by atoms with Crippen LogP contribution < -0.4 is 11.1 Å². The fourth-order valence-electron chi connectivity index (χ4n) is 2.60. The third-order valence-corrected chi connectivity index (χ3v) is 3.64. The number of aromatic nitrogens is 8. The quantitative estimate of drug-likeness (QED) is 0.534. The summed E-state index contributed by atoms with van der Waals surface area (Å²) in [4.78, 5) is 37.4. The van der Waals surface area contributed by atoms with Crippen LogP contribution in [0.3, 0.4) is 0 Å². The van der Waals surface area contributed by atoms with Crippen LogP contribution in [0.5, 0.6) is 0 Å². The van der Waals surface area contributed by atoms with Gasteiger partial charge >= 0.3 is 0 Å². The van der Waals surface area contributed by atoms with E-state index in [1.165, 1.54) is 27.7 Å². The molecule has 0 spiro atoms. The fourth-order valence-corrected chi connectivity index (χ4v) is 2.60. The Morgan fingerprint density at radius 3 is 2.50 bits per heavy atom. The van der Waals surface area contributed by atoms with E-state index >= 15 is 0 Å². The van der Waals surface area contributed by atoms with E-state index < -0.39 is 0 Å². The van der Waals surface area contributed by atoms with Crippen molar-refractivity contribution in [3.8, 4) is 11.9 Å². The molecule has 0 aliphatic heterocycles. The third kappa shape index (κ3) is 1.96. The first-order valence-electron chi connectivity index (χ1n) is 7.10. The SMILES string of the molecule is Cc1nc(-n2c(C)c3c(=O)n(-c4ncccn4)[nH]c3cc2=O)n[nH]1. The lowest BCUT2D eigenvalue weighted by molar-refractivity contribution is 0.793. The summed E-state index contributed by atoms with van der Waals surface area (Å²) in [5.74, 6) is 0.964. The zero-order valence-corrected chi connectivity index (χ0v) is 12.8. The summed E-state index contributed by atoms with van der Waals surface area (Å²) in [7, 11) is 0. The van der Waals surface area contributed by atoms with Crippen LogP contribution in [-0.4, -0.2) is 39.5 Å². The molecule has 0 aromatic carbocycles. The second kappa shape index (κ2) is 4.98. The number of nitrogens with zero attached hydrogens (tertiary/aromatic N) is 6. The first-order valence-corrected chi connectivity index (χ1v) is 7.10. The standard InChI is InChI=1S/C14H12N8O2/c1-7-11-9(6-10(23)21(7)14-17-8(2)18-19-14)20-22(12(11)24)13-15-4-3-5-16-13/h3-6,20H,1-2H3,(H,17,18,19). The van der Waals surface area contributed by atoms with E-state index in [1.807, 2.05) is 0 Å². The van der Waals surface area contributed by atoms with Crippen LogP contribution in [0, 0.1) is 13.8 Å². The van der Waals surface area contributed by atoms with Crippen molar-refractivity contribution in [2.75, 3.05) is 0 Å². The highest BCUT2D eigenvalue weighted by Gasteiger charge is 2.18. The van der Waals surface area contributed by atoms with E-state index in [-0.39, 0.29) is 23.0 Å². The summed E-state index contributed by atoms with van der Waals surface area (Å²) in [5.41, 5.74) is 0.141. The van der Waals surface area contributed by atoms with Gasteiger partial charge in [-0.2, -0.15) is 9.67 Å². The summed E-state index contributed by atoms with van der Waals surface area (Å²) in [6, 6.07) is 2.98. The van der Waals surface area contributed by atoms with Crippen molar-refractivity contribution in [1.82, 2.24) is 39.5 Å². The molecule has 0 saturated carbocycles. The zero-order chi connectivity index (χ0) is 16.8. The van der Waals surface area contributed by atoms with E-state index in [0.717, 1.165) is 0 Å². The maximum atomic E-state index is 12.7. The van der Waals surface area contributed by atoms with Crippen molar-refractivity contribution in [3.05, 3.63) is 56.8 Å². The Bertz CT molecular complexity index is 1170. The normalized spacial score (nSPS) is 11.2. The van der Waals surface area contributed by atoms with Gasteiger partial charge in [0.25, 0.3) is 23.0 Å². The molecule has 4 heterocycles. The van der Waals surface area contributed by atoms with Crippen LogP contribution >= 0.6 is 0 Å². The van der Waals surface area contributed by atoms with Crippen molar-refractivity contribution in [2.24, 2.45) is 0 Å². The zero-order valence-electron chi connectivity index (χ0n) is 12.8. The van der Waals surface area contributed by atoms with E-state index in [4.69, 9.17) is 0 Å². The monoisotopic (exact) mass is 324 g/mol. The maximum Gasteiger partial charge on any atom is 0.283 e. The first kappa shape index (κ1) is 14.1. The second-order valence-corrected chi connectivity index (χ2v) is 5.21. The molecule has 2 N–H and O–H groups in total. The molecule has 4 rings (SSSR count). The minimum atomic E-state index is -0.352. The third-order valence-electron chi connectivity index (χ3n) is 3.64. The van der Waals surface area contributed by atoms with Gasteiger partial charge < -0.3 is 0 Å². The predicted octanol–water partition coefficient (Wildman–Crippen LogP) is -0.00536. The van der Waals surface area contributed by atoms with Crippen LogP contribution in [0.4, 0.5) is 0 Å². The lowest BCUT2D eigenvalue weighted by Crippen LogP contribution is -2.23. The molecule has 0 bridgehead atoms. The molecule has 120 valence electrons. The second-order valence-electron chi connectivity index (χ2n) is 5.21. The topological polar surface area (TPSA) is 127 Å². The van der Waals surface area contributed by atoms with Gasteiger partial charge in [0.1, 0.15) is 5.82 Å². The molecule has 24 heavy (non-hydrogen) atoms. The van der Waals surface area contributed by atoms with Crippen LogP contribution in [0.2, 0.25) is 0 Å². The summed E-state index contributed by atoms with van der Waals surface area (Å²) in [6.07, 6.45) is 3.06. The summed E-state index contributed by atoms with van der Waals surface area (Å²) in [6.45, 7) is 3.40. The lowest BCUT2D eigenvalue weighted by Gasteiger charge is -2.04. The van der Waals surface area contributed by atoms with E-state index in [1.54, 1.807) is 19.9 Å². The Morgan fingerprint density at radius 1 is 1.08 bits per heavy atom. The van der Waals surface area contributed by atoms with Gasteiger partial charge in [0, 0.05) is 24.2 Å². The van der Waals surface area contributed by atoms with E-state index in [9.17, 15) is 9.59 Å². The minimum absolute atomic E-state index is 0.194. The van der Waals surface area contributed by atoms with Crippen molar-refractivity contribution >= 4 is 10.9 Å². The smallest absolute Gasteiger partial charge is 0.283 e. The highest BCUT2D eigenvalue weighted by Crippen LogP contribution is 2.13. The fraction of sp³-hybridized carbons (Fsp3) is 0.143. The van der Waals surface area contributed by atoms with Gasteiger partial charge in [-0.25, -0.2) is 14.5 Å². The van der Waals surface area contributed by atoms with Crippen LogP contribution in [0.25, 0.3) is 22.8 Å². The molecule has 4 aromatic rings. The van der Waals surface area contributed by atoms with Crippen LogP contribution in [-0.2, 0) is 0 Å². The van der Waals surface area contributed by atoms with Crippen molar-refractivity contribution < 1.29 is 0 Å². The van der Waals surface area contributed by atoms with Crippen molar-refractivity contribution in [1.29, 1.82) is 0 Å². The van der Waals surface area contributed by atoms with Crippen molar-refractivity contribution in [3.63, 3.8) is 0 Å². The molecular weight excluding hydrogens is 312 g/mol. The number of pyridine rings is 1. The molecule has 0 aliphatic carbocycles. The largest absolute Gasteiger partial charge is 0.287 e. The van der Waals surface area contributed by atoms with Crippen LogP contribution in [0.1, 0.15) is 11.5 Å². The van der Waals surface area contributed by atoms with Crippen molar-refractivity contribution in [2.45, 2.75) is 13.8 Å². The molecule has 0 unspecified atom stereocenters. The van der Waals surface area contributed by atoms with Gasteiger partial charge in [0.05, 0.1) is 10.9 Å². The number of nitrogens with one attached hydrogen (secondary N) is 2. The summed E-state index contributed by atoms with van der Waals surface area (Å²) >= 11 is 0. The summed E-state index contributed by atoms with van der Waals surface area (Å²) < 4.78 is 2.49. The van der Waals surface area contributed by atoms with Gasteiger partial charge in [-0.05, 0) is 19.9 Å². The number of aryl methyl sites for hydroxylation is 2. The van der Waals surface area contributed by atoms with E-state index in [0.29, 0.717) is 22.4 Å². The Labute approximate surface area is 133 Å². The predicted molar refractivity (Wildman–Crippen MR) is 84.5 cm³/mol. The highest BCUT2D eigenvalue weighted by atomic mass is 16.1. The molecular formula is C14H12N8O2. The molecule has 0 aliphatic rings. The average Bonchev–Trinajstić information content (AvgIpc) is 3.12. The van der Waals surface area contributed by atoms with Gasteiger partial charge in [0.2, 0.25) is 0 Å². The molecule has 0 atom stereocenters. The molecule has 10 nitrogen and oxygen atoms in total. The Balaban J connectivity index is 2.05. The van der Waals surface area contributed by atoms with Gasteiger partial charge in [-0.15, -0.1) is 5.10 Å². The highest BCUT2D eigenvalue weighted by molar-refractivity contribution is 5.80. The molecule has 0 amide bonds. The molecule has 0 fully saturated rings. The van der Waals surface area contributed by atoms with E-state index in [2.05, 4.69) is 30.2 Å². The first-order chi connectivity index (χ1) is 11.6. The number of hydrogen-bond acceptors (Lipinski definition) is 6. The Kier molecular flexibility index (Phi) is 2.92. The number of fused-ring (bicyclic) bond motifs is 1. The Hall–Kier alpha value is -3.56. The minimum Gasteiger partial charge on any atom is -0.287 e. The molecule has 0 saturated heterocycles.